The maximum absolute atomic E-state index is 12.3. The van der Waals surface area contributed by atoms with E-state index in [1.165, 1.54) is 18.2 Å². The number of nitrogens with two attached hydrogens (primary N) is 1. The number of fused-ring (bicyclic) bond motifs is 1. The average Bonchev–Trinajstić information content (AvgIpc) is 2.88. The third-order valence-electron chi connectivity index (χ3n) is 2.91. The van der Waals surface area contributed by atoms with E-state index in [1.54, 1.807) is 18.2 Å². The van der Waals surface area contributed by atoms with Crippen molar-refractivity contribution in [1.82, 2.24) is 0 Å². The number of nitrogen functional groups attached to an aromatic ring is 1. The van der Waals surface area contributed by atoms with Gasteiger partial charge in [-0.2, -0.15) is 0 Å². The van der Waals surface area contributed by atoms with Gasteiger partial charge in [0.2, 0.25) is 6.79 Å². The Morgan fingerprint density at radius 2 is 1.86 bits per heavy atom. The van der Waals surface area contributed by atoms with E-state index < -0.39 is 10.0 Å². The minimum Gasteiger partial charge on any atom is -0.454 e. The van der Waals surface area contributed by atoms with Gasteiger partial charge in [0.1, 0.15) is 0 Å². The fourth-order valence-corrected chi connectivity index (χ4v) is 3.17. The van der Waals surface area contributed by atoms with Crippen molar-refractivity contribution in [2.24, 2.45) is 0 Å². The Labute approximate surface area is 126 Å². The Hall–Kier alpha value is -2.12. The number of rotatable bonds is 3. The summed E-state index contributed by atoms with van der Waals surface area (Å²) in [6, 6.07) is 8.90. The summed E-state index contributed by atoms with van der Waals surface area (Å²) in [5.74, 6) is 1.07. The van der Waals surface area contributed by atoms with Gasteiger partial charge in [0, 0.05) is 6.07 Å². The number of hydrogen-bond acceptors (Lipinski definition) is 5. The van der Waals surface area contributed by atoms with E-state index in [2.05, 4.69) is 4.72 Å². The van der Waals surface area contributed by atoms with Gasteiger partial charge in [-0.05, 0) is 30.3 Å². The molecule has 3 N–H and O–H groups in total. The molecule has 6 nitrogen and oxygen atoms in total. The van der Waals surface area contributed by atoms with Crippen molar-refractivity contribution in [1.29, 1.82) is 0 Å². The lowest BCUT2D eigenvalue weighted by molar-refractivity contribution is 0.174. The van der Waals surface area contributed by atoms with Gasteiger partial charge in [0.15, 0.2) is 11.5 Å². The Kier molecular flexibility index (Phi) is 3.30. The van der Waals surface area contributed by atoms with E-state index in [-0.39, 0.29) is 16.7 Å². The van der Waals surface area contributed by atoms with E-state index >= 15 is 0 Å². The van der Waals surface area contributed by atoms with Crippen LogP contribution in [0.5, 0.6) is 11.5 Å². The predicted molar refractivity (Wildman–Crippen MR) is 79.2 cm³/mol. The first kappa shape index (κ1) is 13.8. The van der Waals surface area contributed by atoms with Gasteiger partial charge in [-0.15, -0.1) is 0 Å². The van der Waals surface area contributed by atoms with Crippen molar-refractivity contribution in [3.8, 4) is 11.5 Å². The topological polar surface area (TPSA) is 90.7 Å². The van der Waals surface area contributed by atoms with Crippen molar-refractivity contribution < 1.29 is 17.9 Å². The molecular formula is C13H11ClN2O4S. The van der Waals surface area contributed by atoms with E-state index in [0.717, 1.165) is 0 Å². The highest BCUT2D eigenvalue weighted by molar-refractivity contribution is 7.92. The van der Waals surface area contributed by atoms with Crippen LogP contribution in [0.4, 0.5) is 11.4 Å². The van der Waals surface area contributed by atoms with Gasteiger partial charge < -0.3 is 15.2 Å². The van der Waals surface area contributed by atoms with Crippen LogP contribution in [-0.2, 0) is 10.0 Å². The Morgan fingerprint density at radius 3 is 2.62 bits per heavy atom. The second-order valence-electron chi connectivity index (χ2n) is 4.36. The lowest BCUT2D eigenvalue weighted by Crippen LogP contribution is -2.13. The van der Waals surface area contributed by atoms with Gasteiger partial charge in [-0.25, -0.2) is 8.42 Å². The fourth-order valence-electron chi connectivity index (χ4n) is 1.85. The van der Waals surface area contributed by atoms with Gasteiger partial charge in [0.05, 0.1) is 21.3 Å². The normalized spacial score (nSPS) is 13.2. The van der Waals surface area contributed by atoms with Crippen LogP contribution in [0.25, 0.3) is 0 Å². The molecule has 0 bridgehead atoms. The Balaban J connectivity index is 1.90. The van der Waals surface area contributed by atoms with E-state index in [4.69, 9.17) is 26.8 Å². The molecule has 0 atom stereocenters. The van der Waals surface area contributed by atoms with Gasteiger partial charge in [0.25, 0.3) is 10.0 Å². The molecule has 0 aliphatic carbocycles. The molecule has 1 aliphatic heterocycles. The number of halogens is 1. The molecule has 0 unspecified atom stereocenters. The lowest BCUT2D eigenvalue weighted by Gasteiger charge is -2.09. The van der Waals surface area contributed by atoms with Crippen LogP contribution in [0.15, 0.2) is 41.3 Å². The van der Waals surface area contributed by atoms with Crippen LogP contribution in [0.3, 0.4) is 0 Å². The molecule has 3 rings (SSSR count). The molecular weight excluding hydrogens is 316 g/mol. The molecule has 0 saturated heterocycles. The van der Waals surface area contributed by atoms with Crippen LogP contribution in [0, 0.1) is 0 Å². The minimum absolute atomic E-state index is 0.0272. The fraction of sp³-hybridized carbons (Fsp3) is 0.0769. The number of hydrogen-bond donors (Lipinski definition) is 2. The van der Waals surface area contributed by atoms with E-state index in [0.29, 0.717) is 22.9 Å². The zero-order valence-electron chi connectivity index (χ0n) is 10.7. The first-order chi connectivity index (χ1) is 9.95. The highest BCUT2D eigenvalue weighted by atomic mass is 35.5. The number of nitrogens with one attached hydrogen (secondary N) is 1. The first-order valence-corrected chi connectivity index (χ1v) is 7.79. The maximum Gasteiger partial charge on any atom is 0.261 e. The SMILES string of the molecule is Nc1ccc(S(=O)(=O)Nc2ccc3c(c2)OCO3)cc1Cl. The van der Waals surface area contributed by atoms with Crippen LogP contribution in [0.2, 0.25) is 5.02 Å². The van der Waals surface area contributed by atoms with Crippen LogP contribution < -0.4 is 19.9 Å². The molecule has 8 heteroatoms. The largest absolute Gasteiger partial charge is 0.454 e. The van der Waals surface area contributed by atoms with Crippen molar-refractivity contribution in [3.63, 3.8) is 0 Å². The molecule has 0 radical (unpaired) electrons. The first-order valence-electron chi connectivity index (χ1n) is 5.93. The number of anilines is 2. The monoisotopic (exact) mass is 326 g/mol. The summed E-state index contributed by atoms with van der Waals surface area (Å²) in [5.41, 5.74) is 6.25. The highest BCUT2D eigenvalue weighted by Crippen LogP contribution is 2.35. The average molecular weight is 327 g/mol. The second kappa shape index (κ2) is 5.01. The zero-order valence-corrected chi connectivity index (χ0v) is 12.2. The molecule has 1 aliphatic rings. The third-order valence-corrected chi connectivity index (χ3v) is 4.61. The van der Waals surface area contributed by atoms with Crippen molar-refractivity contribution >= 4 is 33.0 Å². The lowest BCUT2D eigenvalue weighted by atomic mass is 10.3. The second-order valence-corrected chi connectivity index (χ2v) is 6.45. The molecule has 110 valence electrons. The Bertz CT molecular complexity index is 808. The molecule has 0 fully saturated rings. The van der Waals surface area contributed by atoms with Gasteiger partial charge >= 0.3 is 0 Å². The molecule has 0 saturated carbocycles. The summed E-state index contributed by atoms with van der Waals surface area (Å²) in [6.45, 7) is 0.124. The summed E-state index contributed by atoms with van der Waals surface area (Å²) in [5, 5.41) is 0.184. The van der Waals surface area contributed by atoms with Crippen LogP contribution in [0.1, 0.15) is 0 Å². The molecule has 0 amide bonds. The highest BCUT2D eigenvalue weighted by Gasteiger charge is 2.18. The Morgan fingerprint density at radius 1 is 1.10 bits per heavy atom. The molecule has 1 heterocycles. The van der Waals surface area contributed by atoms with Crippen molar-refractivity contribution in [3.05, 3.63) is 41.4 Å². The molecule has 21 heavy (non-hydrogen) atoms. The van der Waals surface area contributed by atoms with Crippen LogP contribution in [-0.4, -0.2) is 15.2 Å². The van der Waals surface area contributed by atoms with E-state index in [9.17, 15) is 8.42 Å². The quantitative estimate of drug-likeness (QED) is 0.845. The number of ether oxygens (including phenoxy) is 2. The minimum atomic E-state index is -3.76. The molecule has 0 aromatic heterocycles. The predicted octanol–water partition coefficient (Wildman–Crippen LogP) is 2.45. The summed E-state index contributed by atoms with van der Waals surface area (Å²) in [6.07, 6.45) is 0. The maximum atomic E-state index is 12.3. The van der Waals surface area contributed by atoms with Gasteiger partial charge in [-0.3, -0.25) is 4.72 Å². The number of benzene rings is 2. The molecule has 2 aromatic rings. The standard InChI is InChI=1S/C13H11ClN2O4S/c14-10-6-9(2-3-11(10)15)21(17,18)16-8-1-4-12-13(5-8)20-7-19-12/h1-6,16H,7,15H2. The summed E-state index contributed by atoms with van der Waals surface area (Å²) < 4.78 is 37.4. The van der Waals surface area contributed by atoms with Crippen molar-refractivity contribution in [2.45, 2.75) is 4.90 Å². The summed E-state index contributed by atoms with van der Waals surface area (Å²) in [7, 11) is -3.76. The van der Waals surface area contributed by atoms with Crippen LogP contribution >= 0.6 is 11.6 Å². The van der Waals surface area contributed by atoms with E-state index in [1.807, 2.05) is 0 Å². The van der Waals surface area contributed by atoms with Gasteiger partial charge in [-0.1, -0.05) is 11.6 Å². The summed E-state index contributed by atoms with van der Waals surface area (Å²) in [4.78, 5) is 0.0272. The molecule has 2 aromatic carbocycles. The zero-order chi connectivity index (χ0) is 15.0. The van der Waals surface area contributed by atoms with Crippen molar-refractivity contribution in [2.75, 3.05) is 17.2 Å². The smallest absolute Gasteiger partial charge is 0.261 e. The summed E-state index contributed by atoms with van der Waals surface area (Å²) >= 11 is 5.85. The third kappa shape index (κ3) is 2.70. The number of sulfonamides is 1. The molecule has 0 spiro atoms.